The number of nitrogens with one attached hydrogen (secondary N) is 4. The van der Waals surface area contributed by atoms with Gasteiger partial charge in [0.15, 0.2) is 11.9 Å². The molecule has 0 unspecified atom stereocenters. The molecule has 0 heterocycles. The molecule has 9 N–H and O–H groups in total. The quantitative estimate of drug-likeness (QED) is 0.135. The first-order chi connectivity index (χ1) is 10.2. The number of rotatable bonds is 4. The highest BCUT2D eigenvalue weighted by molar-refractivity contribution is 7.86. The standard InChI is InChI=1S/C6H15N5.C6H7NO3S.ClH/c1-2-3-4-10-6(9)11-5(7)8;7-5-3-1-2-4-6(5)11(8,9)10;/h2-4H2,1H3,(H6,7,8,9,10,11);1-4H,7H2,(H,8,9,10);1H. The van der Waals surface area contributed by atoms with Crippen molar-refractivity contribution >= 4 is 40.1 Å². The summed E-state index contributed by atoms with van der Waals surface area (Å²) in [7, 11) is -4.16. The van der Waals surface area contributed by atoms with Crippen molar-refractivity contribution in [3.05, 3.63) is 24.3 Å². The minimum atomic E-state index is -4.16. The summed E-state index contributed by atoms with van der Waals surface area (Å²) in [5.74, 6) is -0.120. The lowest BCUT2D eigenvalue weighted by molar-refractivity contribution is 0.483. The van der Waals surface area contributed by atoms with Gasteiger partial charge in [0, 0.05) is 6.54 Å². The molecule has 0 saturated carbocycles. The molecule has 0 bridgehead atoms. The van der Waals surface area contributed by atoms with E-state index in [0.29, 0.717) is 0 Å². The second kappa shape index (κ2) is 11.5. The van der Waals surface area contributed by atoms with Crippen molar-refractivity contribution in [2.24, 2.45) is 5.73 Å². The lowest BCUT2D eigenvalue weighted by Crippen LogP contribution is -2.43. The average molecular weight is 367 g/mol. The molecular weight excluding hydrogens is 344 g/mol. The molecule has 1 aromatic rings. The summed E-state index contributed by atoms with van der Waals surface area (Å²) >= 11 is 0. The SMILES string of the molecule is CCCCNC(=N)NC(=N)N.Cl.Nc1ccccc1S(=O)(=O)O. The number of para-hydroxylation sites is 1. The lowest BCUT2D eigenvalue weighted by atomic mass is 10.3. The molecule has 0 aromatic heterocycles. The topological polar surface area (TPSA) is 178 Å². The van der Waals surface area contributed by atoms with Crippen LogP contribution in [0.15, 0.2) is 29.2 Å². The van der Waals surface area contributed by atoms with Gasteiger partial charge < -0.3 is 16.8 Å². The second-order valence-corrected chi connectivity index (χ2v) is 5.60. The van der Waals surface area contributed by atoms with Crippen LogP contribution in [0.4, 0.5) is 5.69 Å². The Balaban J connectivity index is 0. The van der Waals surface area contributed by atoms with Crippen LogP contribution in [0.25, 0.3) is 0 Å². The van der Waals surface area contributed by atoms with Gasteiger partial charge in [-0.1, -0.05) is 25.5 Å². The lowest BCUT2D eigenvalue weighted by Gasteiger charge is -2.06. The van der Waals surface area contributed by atoms with Gasteiger partial charge in [-0.05, 0) is 18.6 Å². The van der Waals surface area contributed by atoms with Gasteiger partial charge >= 0.3 is 0 Å². The monoisotopic (exact) mass is 366 g/mol. The van der Waals surface area contributed by atoms with Crippen LogP contribution in [-0.4, -0.2) is 31.4 Å². The summed E-state index contributed by atoms with van der Waals surface area (Å²) in [5, 5.41) is 19.0. The number of guanidine groups is 2. The maximum Gasteiger partial charge on any atom is 0.296 e. The number of halogens is 1. The number of anilines is 1. The Morgan fingerprint density at radius 2 is 1.87 bits per heavy atom. The highest BCUT2D eigenvalue weighted by Crippen LogP contribution is 2.15. The summed E-state index contributed by atoms with van der Waals surface area (Å²) in [4.78, 5) is -0.250. The van der Waals surface area contributed by atoms with E-state index in [1.54, 1.807) is 6.07 Å². The highest BCUT2D eigenvalue weighted by Gasteiger charge is 2.11. The summed E-state index contributed by atoms with van der Waals surface area (Å²) in [6.07, 6.45) is 2.10. The molecule has 0 aliphatic carbocycles. The Bertz CT molecular complexity index is 609. The van der Waals surface area contributed by atoms with E-state index >= 15 is 0 Å². The van der Waals surface area contributed by atoms with E-state index in [0.717, 1.165) is 19.4 Å². The number of hydrogen-bond acceptors (Lipinski definition) is 5. The van der Waals surface area contributed by atoms with Gasteiger partial charge in [0.05, 0.1) is 5.69 Å². The molecule has 9 nitrogen and oxygen atoms in total. The highest BCUT2D eigenvalue weighted by atomic mass is 35.5. The Kier molecular flexibility index (Phi) is 11.6. The second-order valence-electron chi connectivity index (χ2n) is 4.21. The zero-order valence-corrected chi connectivity index (χ0v) is 14.3. The largest absolute Gasteiger partial charge is 0.398 e. The molecule has 1 aromatic carbocycles. The third-order valence-electron chi connectivity index (χ3n) is 2.29. The summed E-state index contributed by atoms with van der Waals surface area (Å²) in [6.45, 7) is 2.82. The van der Waals surface area contributed by atoms with Crippen molar-refractivity contribution < 1.29 is 13.0 Å². The van der Waals surface area contributed by atoms with Crippen LogP contribution in [0.1, 0.15) is 19.8 Å². The molecule has 23 heavy (non-hydrogen) atoms. The molecule has 0 aliphatic heterocycles. The van der Waals surface area contributed by atoms with Gasteiger partial charge in [-0.25, -0.2) is 0 Å². The first-order valence-corrected chi connectivity index (χ1v) is 7.88. The van der Waals surface area contributed by atoms with E-state index in [-0.39, 0.29) is 34.9 Å². The summed E-state index contributed by atoms with van der Waals surface area (Å²) < 4.78 is 29.6. The molecule has 0 saturated heterocycles. The van der Waals surface area contributed by atoms with Crippen molar-refractivity contribution in [3.8, 4) is 0 Å². The van der Waals surface area contributed by atoms with Crippen LogP contribution >= 0.6 is 12.4 Å². The molecule has 0 radical (unpaired) electrons. The zero-order valence-electron chi connectivity index (χ0n) is 12.7. The molecule has 0 aliphatic rings. The summed E-state index contributed by atoms with van der Waals surface area (Å²) in [6, 6.07) is 5.72. The van der Waals surface area contributed by atoms with Gasteiger partial charge in [0.2, 0.25) is 0 Å². The number of hydrogen-bond donors (Lipinski definition) is 7. The Morgan fingerprint density at radius 3 is 2.26 bits per heavy atom. The van der Waals surface area contributed by atoms with Gasteiger partial charge in [-0.3, -0.25) is 20.7 Å². The van der Waals surface area contributed by atoms with Gasteiger partial charge in [0.25, 0.3) is 10.1 Å². The third-order valence-corrected chi connectivity index (χ3v) is 3.22. The van der Waals surface area contributed by atoms with Gasteiger partial charge in [0.1, 0.15) is 4.90 Å². The van der Waals surface area contributed by atoms with E-state index < -0.39 is 10.1 Å². The predicted octanol–water partition coefficient (Wildman–Crippen LogP) is 0.731. The predicted molar refractivity (Wildman–Crippen MR) is 93.6 cm³/mol. The minimum absolute atomic E-state index is 0. The smallest absolute Gasteiger partial charge is 0.296 e. The van der Waals surface area contributed by atoms with Gasteiger partial charge in [-0.15, -0.1) is 12.4 Å². The molecular formula is C12H23ClN6O3S. The third kappa shape index (κ3) is 11.2. The fraction of sp³-hybridized carbons (Fsp3) is 0.333. The number of nitrogens with two attached hydrogens (primary N) is 2. The maximum absolute atomic E-state index is 10.5. The van der Waals surface area contributed by atoms with Gasteiger partial charge in [-0.2, -0.15) is 8.42 Å². The molecule has 0 amide bonds. The van der Waals surface area contributed by atoms with Crippen LogP contribution in [0, 0.1) is 10.8 Å². The van der Waals surface area contributed by atoms with Crippen LogP contribution in [0.3, 0.4) is 0 Å². The normalized spacial score (nSPS) is 9.65. The van der Waals surface area contributed by atoms with Crippen molar-refractivity contribution in [2.45, 2.75) is 24.7 Å². The number of benzene rings is 1. The van der Waals surface area contributed by atoms with E-state index in [2.05, 4.69) is 17.6 Å². The Morgan fingerprint density at radius 1 is 1.30 bits per heavy atom. The van der Waals surface area contributed by atoms with Crippen LogP contribution in [0.2, 0.25) is 0 Å². The minimum Gasteiger partial charge on any atom is -0.398 e. The molecule has 0 atom stereocenters. The molecule has 1 rings (SSSR count). The average Bonchev–Trinajstić information content (AvgIpc) is 2.38. The van der Waals surface area contributed by atoms with E-state index in [1.165, 1.54) is 18.2 Å². The molecule has 0 fully saturated rings. The summed E-state index contributed by atoms with van der Waals surface area (Å²) in [5.41, 5.74) is 10.3. The zero-order chi connectivity index (χ0) is 17.2. The van der Waals surface area contributed by atoms with Crippen LogP contribution in [-0.2, 0) is 10.1 Å². The van der Waals surface area contributed by atoms with E-state index in [9.17, 15) is 8.42 Å². The molecule has 0 spiro atoms. The number of nitrogen functional groups attached to an aromatic ring is 1. The van der Waals surface area contributed by atoms with E-state index in [4.69, 9.17) is 26.8 Å². The fourth-order valence-electron chi connectivity index (χ4n) is 1.28. The first kappa shape index (κ1) is 23.2. The van der Waals surface area contributed by atoms with E-state index in [1.807, 2.05) is 0 Å². The first-order valence-electron chi connectivity index (χ1n) is 6.44. The molecule has 132 valence electrons. The Labute approximate surface area is 142 Å². The fourth-order valence-corrected chi connectivity index (χ4v) is 1.90. The number of unbranched alkanes of at least 4 members (excludes halogenated alkanes) is 1. The molecule has 11 heteroatoms. The van der Waals surface area contributed by atoms with Crippen molar-refractivity contribution in [1.82, 2.24) is 10.6 Å². The van der Waals surface area contributed by atoms with Crippen molar-refractivity contribution in [1.29, 1.82) is 10.8 Å². The maximum atomic E-state index is 10.5. The Hall–Kier alpha value is -2.04. The van der Waals surface area contributed by atoms with Crippen molar-refractivity contribution in [3.63, 3.8) is 0 Å². The van der Waals surface area contributed by atoms with Crippen LogP contribution in [0.5, 0.6) is 0 Å². The van der Waals surface area contributed by atoms with Crippen LogP contribution < -0.4 is 22.1 Å². The van der Waals surface area contributed by atoms with Crippen molar-refractivity contribution in [2.75, 3.05) is 12.3 Å².